The number of Topliss-reactive ketones (excluding diaryl/α,β-unsaturated/α-hetero) is 1. The number of rotatable bonds is 8. The number of ketones is 1. The first-order valence-corrected chi connectivity index (χ1v) is 8.67. The maximum atomic E-state index is 12.1. The Morgan fingerprint density at radius 1 is 1.14 bits per heavy atom. The highest BCUT2D eigenvalue weighted by Gasteiger charge is 2.19. The number of nitrogens with zero attached hydrogens (tertiary/aromatic N) is 1. The molecule has 0 unspecified atom stereocenters. The maximum absolute atomic E-state index is 12.1. The number of benzene rings is 2. The van der Waals surface area contributed by atoms with E-state index in [4.69, 9.17) is 16.3 Å². The molecule has 0 spiro atoms. The van der Waals surface area contributed by atoms with E-state index in [-0.39, 0.29) is 30.0 Å². The second-order valence-electron chi connectivity index (χ2n) is 5.86. The number of ether oxygens (including phenoxy) is 1. The Balaban J connectivity index is 1.83. The first-order chi connectivity index (χ1) is 13.3. The molecule has 0 aliphatic heterocycles. The van der Waals surface area contributed by atoms with E-state index in [1.165, 1.54) is 31.2 Å². The standard InChI is InChI=1S/C19H17ClN2O6/c1-12(19(25)21-15-3-2-4-16(11-15)22(26)27)28-18(24)10-9-17(23)13-5-7-14(20)8-6-13/h2-8,11-12H,9-10H2,1H3,(H,21,25)/t12-/m1/s1. The zero-order valence-corrected chi connectivity index (χ0v) is 15.6. The highest BCUT2D eigenvalue weighted by molar-refractivity contribution is 6.30. The van der Waals surface area contributed by atoms with Crippen LogP contribution in [0.2, 0.25) is 5.02 Å². The van der Waals surface area contributed by atoms with E-state index in [1.807, 2.05) is 0 Å². The van der Waals surface area contributed by atoms with Crippen molar-refractivity contribution < 1.29 is 24.0 Å². The molecule has 0 radical (unpaired) electrons. The van der Waals surface area contributed by atoms with Gasteiger partial charge in [-0.25, -0.2) is 0 Å². The van der Waals surface area contributed by atoms with Crippen LogP contribution < -0.4 is 5.32 Å². The van der Waals surface area contributed by atoms with Crippen LogP contribution in [0.15, 0.2) is 48.5 Å². The van der Waals surface area contributed by atoms with Crippen molar-refractivity contribution in [1.82, 2.24) is 0 Å². The molecule has 0 aliphatic carbocycles. The molecule has 9 heteroatoms. The summed E-state index contributed by atoms with van der Waals surface area (Å²) >= 11 is 5.76. The van der Waals surface area contributed by atoms with Gasteiger partial charge in [-0.3, -0.25) is 24.5 Å². The fraction of sp³-hybridized carbons (Fsp3) is 0.211. The van der Waals surface area contributed by atoms with E-state index in [9.17, 15) is 24.5 Å². The fourth-order valence-electron chi connectivity index (χ4n) is 2.25. The minimum atomic E-state index is -1.13. The van der Waals surface area contributed by atoms with Crippen molar-refractivity contribution in [3.05, 3.63) is 69.2 Å². The third-order valence-electron chi connectivity index (χ3n) is 3.72. The van der Waals surface area contributed by atoms with Gasteiger partial charge in [-0.2, -0.15) is 0 Å². The van der Waals surface area contributed by atoms with Gasteiger partial charge in [-0.05, 0) is 37.3 Å². The smallest absolute Gasteiger partial charge is 0.307 e. The molecule has 8 nitrogen and oxygen atoms in total. The van der Waals surface area contributed by atoms with Gasteiger partial charge in [-0.1, -0.05) is 17.7 Å². The molecule has 1 atom stereocenters. The van der Waals surface area contributed by atoms with Gasteiger partial charge in [0.2, 0.25) is 0 Å². The molecule has 0 aromatic heterocycles. The number of non-ortho nitro benzene ring substituents is 1. The molecule has 2 aromatic rings. The molecule has 0 bridgehead atoms. The van der Waals surface area contributed by atoms with Crippen molar-refractivity contribution in [2.24, 2.45) is 0 Å². The first kappa shape index (κ1) is 21.0. The predicted octanol–water partition coefficient (Wildman–Crippen LogP) is 3.78. The van der Waals surface area contributed by atoms with Crippen LogP contribution in [0.3, 0.4) is 0 Å². The summed E-state index contributed by atoms with van der Waals surface area (Å²) in [4.78, 5) is 46.2. The lowest BCUT2D eigenvalue weighted by atomic mass is 10.1. The molecule has 0 saturated heterocycles. The number of halogens is 1. The van der Waals surface area contributed by atoms with Gasteiger partial charge < -0.3 is 10.1 Å². The Morgan fingerprint density at radius 3 is 2.46 bits per heavy atom. The largest absolute Gasteiger partial charge is 0.453 e. The first-order valence-electron chi connectivity index (χ1n) is 8.30. The minimum absolute atomic E-state index is 0.0698. The molecule has 2 aromatic carbocycles. The Hall–Kier alpha value is -3.26. The van der Waals surface area contributed by atoms with Crippen molar-refractivity contribution in [3.63, 3.8) is 0 Å². The van der Waals surface area contributed by atoms with Gasteiger partial charge >= 0.3 is 5.97 Å². The highest BCUT2D eigenvalue weighted by Crippen LogP contribution is 2.17. The number of carbonyl (C=O) groups excluding carboxylic acids is 3. The lowest BCUT2D eigenvalue weighted by molar-refractivity contribution is -0.384. The molecule has 1 N–H and O–H groups in total. The maximum Gasteiger partial charge on any atom is 0.307 e. The lowest BCUT2D eigenvalue weighted by Crippen LogP contribution is -2.30. The average molecular weight is 405 g/mol. The van der Waals surface area contributed by atoms with Crippen molar-refractivity contribution >= 4 is 40.6 Å². The normalized spacial score (nSPS) is 11.4. The second kappa shape index (κ2) is 9.61. The number of esters is 1. The molecule has 0 saturated carbocycles. The van der Waals surface area contributed by atoms with Crippen LogP contribution in [0.5, 0.6) is 0 Å². The summed E-state index contributed by atoms with van der Waals surface area (Å²) in [5.41, 5.74) is 0.455. The summed E-state index contributed by atoms with van der Waals surface area (Å²) in [7, 11) is 0. The molecular weight excluding hydrogens is 388 g/mol. The van der Waals surface area contributed by atoms with Gasteiger partial charge in [0.15, 0.2) is 11.9 Å². The molecule has 0 fully saturated rings. The van der Waals surface area contributed by atoms with Crippen molar-refractivity contribution in [2.45, 2.75) is 25.9 Å². The van der Waals surface area contributed by atoms with Crippen molar-refractivity contribution in [1.29, 1.82) is 0 Å². The number of amides is 1. The van der Waals surface area contributed by atoms with Crippen LogP contribution in [0.4, 0.5) is 11.4 Å². The van der Waals surface area contributed by atoms with Crippen LogP contribution in [0, 0.1) is 10.1 Å². The van der Waals surface area contributed by atoms with E-state index in [0.717, 1.165) is 0 Å². The van der Waals surface area contributed by atoms with Crippen LogP contribution in [0.1, 0.15) is 30.1 Å². The summed E-state index contributed by atoms with van der Waals surface area (Å²) in [6, 6.07) is 11.7. The third-order valence-corrected chi connectivity index (χ3v) is 3.98. The van der Waals surface area contributed by atoms with Crippen LogP contribution >= 0.6 is 11.6 Å². The Bertz CT molecular complexity index is 898. The van der Waals surface area contributed by atoms with E-state index >= 15 is 0 Å². The molecular formula is C19H17ClN2O6. The summed E-state index contributed by atoms with van der Waals surface area (Å²) in [5.74, 6) is -1.59. The van der Waals surface area contributed by atoms with Gasteiger partial charge in [0.1, 0.15) is 0 Å². The minimum Gasteiger partial charge on any atom is -0.453 e. The number of hydrogen-bond donors (Lipinski definition) is 1. The van der Waals surface area contributed by atoms with E-state index in [0.29, 0.717) is 10.6 Å². The molecule has 0 aliphatic rings. The number of nitro groups is 1. The fourth-order valence-corrected chi connectivity index (χ4v) is 2.37. The zero-order valence-electron chi connectivity index (χ0n) is 14.9. The number of hydrogen-bond acceptors (Lipinski definition) is 6. The molecule has 28 heavy (non-hydrogen) atoms. The summed E-state index contributed by atoms with van der Waals surface area (Å²) in [6.07, 6.45) is -1.38. The summed E-state index contributed by atoms with van der Waals surface area (Å²) < 4.78 is 5.01. The van der Waals surface area contributed by atoms with Crippen molar-refractivity contribution in [2.75, 3.05) is 5.32 Å². The molecule has 1 amide bonds. The monoisotopic (exact) mass is 404 g/mol. The quantitative estimate of drug-likeness (QED) is 0.310. The predicted molar refractivity (Wildman–Crippen MR) is 102 cm³/mol. The SMILES string of the molecule is C[C@@H](OC(=O)CCC(=O)c1ccc(Cl)cc1)C(=O)Nc1cccc([N+](=O)[O-])c1. The van der Waals surface area contributed by atoms with E-state index in [2.05, 4.69) is 5.32 Å². The van der Waals surface area contributed by atoms with Crippen LogP contribution in [-0.2, 0) is 14.3 Å². The van der Waals surface area contributed by atoms with Gasteiger partial charge in [0.25, 0.3) is 11.6 Å². The van der Waals surface area contributed by atoms with E-state index < -0.39 is 22.9 Å². The number of carbonyl (C=O) groups is 3. The third kappa shape index (κ3) is 6.17. The van der Waals surface area contributed by atoms with Gasteiger partial charge in [0.05, 0.1) is 11.3 Å². The number of anilines is 1. The van der Waals surface area contributed by atoms with Crippen LogP contribution in [0.25, 0.3) is 0 Å². The van der Waals surface area contributed by atoms with E-state index in [1.54, 1.807) is 24.3 Å². The van der Waals surface area contributed by atoms with Gasteiger partial charge in [-0.15, -0.1) is 0 Å². The zero-order chi connectivity index (χ0) is 20.7. The number of nitrogens with one attached hydrogen (secondary N) is 1. The molecule has 0 heterocycles. The summed E-state index contributed by atoms with van der Waals surface area (Å²) in [6.45, 7) is 1.37. The van der Waals surface area contributed by atoms with Crippen LogP contribution in [-0.4, -0.2) is 28.7 Å². The number of nitro benzene ring substituents is 1. The van der Waals surface area contributed by atoms with Crippen molar-refractivity contribution in [3.8, 4) is 0 Å². The molecule has 146 valence electrons. The Kier molecular flexibility index (Phi) is 7.22. The molecule has 2 rings (SSSR count). The highest BCUT2D eigenvalue weighted by atomic mass is 35.5. The lowest BCUT2D eigenvalue weighted by Gasteiger charge is -2.13. The van der Waals surface area contributed by atoms with Gasteiger partial charge in [0, 0.05) is 34.8 Å². The Morgan fingerprint density at radius 2 is 1.82 bits per heavy atom. The summed E-state index contributed by atoms with van der Waals surface area (Å²) in [5, 5.41) is 13.7. The topological polar surface area (TPSA) is 116 Å². The Labute approximate surface area is 165 Å². The second-order valence-corrected chi connectivity index (χ2v) is 6.30. The average Bonchev–Trinajstić information content (AvgIpc) is 2.66.